The first-order chi connectivity index (χ1) is 8.81. The Balaban J connectivity index is 2.07. The van der Waals surface area contributed by atoms with Gasteiger partial charge in [-0.25, -0.2) is 0 Å². The highest BCUT2D eigenvalue weighted by Gasteiger charge is 2.47. The van der Waals surface area contributed by atoms with E-state index < -0.39 is 23.1 Å². The molecule has 104 valence electrons. The molecule has 0 atom stereocenters. The molecular formula is C14H15F3OS. The van der Waals surface area contributed by atoms with Gasteiger partial charge in [-0.05, 0) is 31.9 Å². The number of thioether (sulfide) groups is 1. The van der Waals surface area contributed by atoms with E-state index in [2.05, 4.69) is 0 Å². The first kappa shape index (κ1) is 14.4. The standard InChI is InChI=1S/C14H15F3OS/c1-10-3-5-11(6-4-10)19-13(7-2-8-13)9-12(18)14(15,16)17/h3-6H,2,7-9H2,1H3. The fourth-order valence-electron chi connectivity index (χ4n) is 2.14. The fourth-order valence-corrected chi connectivity index (χ4v) is 3.60. The summed E-state index contributed by atoms with van der Waals surface area (Å²) >= 11 is 1.41. The molecule has 0 aliphatic heterocycles. The molecule has 0 N–H and O–H groups in total. The predicted octanol–water partition coefficient (Wildman–Crippen LogP) is 4.53. The van der Waals surface area contributed by atoms with Crippen LogP contribution in [0, 0.1) is 6.92 Å². The topological polar surface area (TPSA) is 17.1 Å². The molecule has 0 aromatic heterocycles. The lowest BCUT2D eigenvalue weighted by molar-refractivity contribution is -0.172. The number of hydrogen-bond donors (Lipinski definition) is 0. The highest BCUT2D eigenvalue weighted by atomic mass is 32.2. The molecule has 1 aromatic rings. The predicted molar refractivity (Wildman–Crippen MR) is 69.3 cm³/mol. The number of alkyl halides is 3. The first-order valence-electron chi connectivity index (χ1n) is 6.16. The lowest BCUT2D eigenvalue weighted by Crippen LogP contribution is -2.39. The maximum absolute atomic E-state index is 12.4. The third kappa shape index (κ3) is 3.53. The van der Waals surface area contributed by atoms with Gasteiger partial charge < -0.3 is 0 Å². The van der Waals surface area contributed by atoms with Crippen LogP contribution < -0.4 is 0 Å². The molecule has 1 aliphatic rings. The molecule has 1 fully saturated rings. The lowest BCUT2D eigenvalue weighted by atomic mass is 9.80. The van der Waals surface area contributed by atoms with Crippen molar-refractivity contribution in [3.8, 4) is 0 Å². The molecule has 2 rings (SSSR count). The molecule has 0 spiro atoms. The summed E-state index contributed by atoms with van der Waals surface area (Å²) in [5.74, 6) is -1.60. The first-order valence-corrected chi connectivity index (χ1v) is 6.98. The van der Waals surface area contributed by atoms with E-state index in [0.717, 1.165) is 16.9 Å². The SMILES string of the molecule is Cc1ccc(SC2(CC(=O)C(F)(F)F)CCC2)cc1. The summed E-state index contributed by atoms with van der Waals surface area (Å²) in [5.41, 5.74) is 1.11. The highest BCUT2D eigenvalue weighted by Crippen LogP contribution is 2.50. The van der Waals surface area contributed by atoms with Gasteiger partial charge in [0.1, 0.15) is 0 Å². The van der Waals surface area contributed by atoms with Crippen molar-refractivity contribution in [1.29, 1.82) is 0 Å². The zero-order chi connectivity index (χ0) is 14.1. The van der Waals surface area contributed by atoms with E-state index in [-0.39, 0.29) is 0 Å². The van der Waals surface area contributed by atoms with E-state index in [9.17, 15) is 18.0 Å². The zero-order valence-corrected chi connectivity index (χ0v) is 11.4. The molecule has 0 radical (unpaired) electrons. The largest absolute Gasteiger partial charge is 0.450 e. The normalized spacial score (nSPS) is 17.9. The van der Waals surface area contributed by atoms with Gasteiger partial charge in [-0.2, -0.15) is 13.2 Å². The van der Waals surface area contributed by atoms with Crippen LogP contribution >= 0.6 is 11.8 Å². The van der Waals surface area contributed by atoms with Crippen LogP contribution in [-0.2, 0) is 4.79 Å². The van der Waals surface area contributed by atoms with Crippen molar-refractivity contribution in [1.82, 2.24) is 0 Å². The second-order valence-corrected chi connectivity index (χ2v) is 6.59. The van der Waals surface area contributed by atoms with Gasteiger partial charge in [0.05, 0.1) is 0 Å². The van der Waals surface area contributed by atoms with Gasteiger partial charge >= 0.3 is 6.18 Å². The Kier molecular flexibility index (Phi) is 3.95. The smallest absolute Gasteiger partial charge is 0.290 e. The zero-order valence-electron chi connectivity index (χ0n) is 10.6. The number of ketones is 1. The lowest BCUT2D eigenvalue weighted by Gasteiger charge is -2.41. The second kappa shape index (κ2) is 5.19. The average molecular weight is 288 g/mol. The van der Waals surface area contributed by atoms with E-state index in [1.807, 2.05) is 31.2 Å². The summed E-state index contributed by atoms with van der Waals surface area (Å²) < 4.78 is 36.6. The number of carbonyl (C=O) groups is 1. The molecule has 5 heteroatoms. The Bertz CT molecular complexity index is 461. The summed E-state index contributed by atoms with van der Waals surface area (Å²) in [6.07, 6.45) is -2.88. The van der Waals surface area contributed by atoms with Crippen molar-refractivity contribution < 1.29 is 18.0 Å². The number of hydrogen-bond acceptors (Lipinski definition) is 2. The number of carbonyl (C=O) groups excluding carboxylic acids is 1. The maximum Gasteiger partial charge on any atom is 0.450 e. The van der Waals surface area contributed by atoms with Crippen LogP contribution in [0.5, 0.6) is 0 Å². The molecule has 0 saturated heterocycles. The summed E-state index contributed by atoms with van der Waals surface area (Å²) in [5, 5.41) is 0. The van der Waals surface area contributed by atoms with Gasteiger partial charge in [0.15, 0.2) is 0 Å². The van der Waals surface area contributed by atoms with Crippen molar-refractivity contribution in [3.63, 3.8) is 0 Å². The van der Waals surface area contributed by atoms with Crippen molar-refractivity contribution in [3.05, 3.63) is 29.8 Å². The Labute approximate surface area is 114 Å². The third-order valence-corrected chi connectivity index (χ3v) is 4.91. The molecule has 1 saturated carbocycles. The van der Waals surface area contributed by atoms with Crippen molar-refractivity contribution in [2.45, 2.75) is 48.4 Å². The van der Waals surface area contributed by atoms with Crippen LogP contribution in [0.15, 0.2) is 29.2 Å². The van der Waals surface area contributed by atoms with Gasteiger partial charge in [-0.3, -0.25) is 4.79 Å². The Morgan fingerprint density at radius 2 is 1.84 bits per heavy atom. The number of rotatable bonds is 4. The summed E-state index contributed by atoms with van der Waals surface area (Å²) in [4.78, 5) is 12.1. The van der Waals surface area contributed by atoms with Gasteiger partial charge in [0.2, 0.25) is 5.78 Å². The molecule has 0 amide bonds. The fraction of sp³-hybridized carbons (Fsp3) is 0.500. The number of aryl methyl sites for hydroxylation is 1. The average Bonchev–Trinajstić information content (AvgIpc) is 2.27. The van der Waals surface area contributed by atoms with Crippen LogP contribution in [0.1, 0.15) is 31.2 Å². The van der Waals surface area contributed by atoms with Gasteiger partial charge in [0, 0.05) is 16.1 Å². The minimum absolute atomic E-state index is 0.408. The number of Topliss-reactive ketones (excluding diaryl/α,β-unsaturated/α-hetero) is 1. The third-order valence-electron chi connectivity index (χ3n) is 3.42. The molecule has 0 bridgehead atoms. The van der Waals surface area contributed by atoms with Crippen LogP contribution in [0.25, 0.3) is 0 Å². The molecule has 0 heterocycles. The van der Waals surface area contributed by atoms with E-state index in [4.69, 9.17) is 0 Å². The van der Waals surface area contributed by atoms with Crippen molar-refractivity contribution in [2.24, 2.45) is 0 Å². The van der Waals surface area contributed by atoms with Crippen LogP contribution in [0.4, 0.5) is 13.2 Å². The van der Waals surface area contributed by atoms with Crippen molar-refractivity contribution in [2.75, 3.05) is 0 Å². The molecule has 0 unspecified atom stereocenters. The number of benzene rings is 1. The van der Waals surface area contributed by atoms with E-state index in [0.29, 0.717) is 12.8 Å². The molecule has 1 aliphatic carbocycles. The van der Waals surface area contributed by atoms with Crippen LogP contribution in [-0.4, -0.2) is 16.7 Å². The minimum Gasteiger partial charge on any atom is -0.290 e. The second-order valence-electron chi connectivity index (χ2n) is 5.05. The van der Waals surface area contributed by atoms with Gasteiger partial charge in [-0.1, -0.05) is 24.1 Å². The monoisotopic (exact) mass is 288 g/mol. The summed E-state index contributed by atoms with van der Waals surface area (Å²) in [6, 6.07) is 7.66. The summed E-state index contributed by atoms with van der Waals surface area (Å²) in [7, 11) is 0. The van der Waals surface area contributed by atoms with Gasteiger partial charge in [-0.15, -0.1) is 11.8 Å². The van der Waals surface area contributed by atoms with Crippen LogP contribution in [0.3, 0.4) is 0 Å². The number of halogens is 3. The maximum atomic E-state index is 12.4. The van der Waals surface area contributed by atoms with E-state index >= 15 is 0 Å². The van der Waals surface area contributed by atoms with Crippen molar-refractivity contribution >= 4 is 17.5 Å². The Morgan fingerprint density at radius 3 is 2.26 bits per heavy atom. The molecule has 19 heavy (non-hydrogen) atoms. The van der Waals surface area contributed by atoms with Crippen LogP contribution in [0.2, 0.25) is 0 Å². The summed E-state index contributed by atoms with van der Waals surface area (Å²) in [6.45, 7) is 1.96. The Morgan fingerprint density at radius 1 is 1.26 bits per heavy atom. The highest BCUT2D eigenvalue weighted by molar-refractivity contribution is 8.00. The van der Waals surface area contributed by atoms with E-state index in [1.54, 1.807) is 0 Å². The molecule has 1 aromatic carbocycles. The minimum atomic E-state index is -4.71. The Hall–Kier alpha value is -0.970. The molecular weight excluding hydrogens is 273 g/mol. The van der Waals surface area contributed by atoms with Gasteiger partial charge in [0.25, 0.3) is 0 Å². The molecule has 1 nitrogen and oxygen atoms in total. The van der Waals surface area contributed by atoms with E-state index in [1.165, 1.54) is 11.8 Å². The quantitative estimate of drug-likeness (QED) is 0.809.